The number of ether oxygens (including phenoxy) is 2. The molecule has 0 aromatic heterocycles. The van der Waals surface area contributed by atoms with Crippen LogP contribution in [0.1, 0.15) is 25.7 Å². The third kappa shape index (κ3) is 2.92. The van der Waals surface area contributed by atoms with Gasteiger partial charge in [-0.25, -0.2) is 0 Å². The average Bonchev–Trinajstić information content (AvgIpc) is 2.30. The largest absolute Gasteiger partial charge is 0.383 e. The first-order valence-corrected chi connectivity index (χ1v) is 7.37. The van der Waals surface area contributed by atoms with E-state index in [0.29, 0.717) is 12.5 Å². The van der Waals surface area contributed by atoms with Crippen LogP contribution in [0.15, 0.2) is 0 Å². The molecule has 2 unspecified atom stereocenters. The van der Waals surface area contributed by atoms with E-state index in [1.807, 2.05) is 11.8 Å². The lowest BCUT2D eigenvalue weighted by molar-refractivity contribution is -0.108. The smallest absolute Gasteiger partial charge is 0.0701 e. The minimum absolute atomic E-state index is 0.152. The Labute approximate surface area is 102 Å². The topological polar surface area (TPSA) is 44.5 Å². The highest BCUT2D eigenvalue weighted by molar-refractivity contribution is 7.99. The van der Waals surface area contributed by atoms with E-state index < -0.39 is 0 Å². The molecule has 2 aliphatic rings. The maximum Gasteiger partial charge on any atom is 0.0701 e. The van der Waals surface area contributed by atoms with Gasteiger partial charge in [-0.15, -0.1) is 0 Å². The fourth-order valence-electron chi connectivity index (χ4n) is 2.85. The summed E-state index contributed by atoms with van der Waals surface area (Å²) >= 11 is 2.05. The summed E-state index contributed by atoms with van der Waals surface area (Å²) in [5.74, 6) is 3.06. The summed E-state index contributed by atoms with van der Waals surface area (Å²) in [6.07, 6.45) is 4.64. The highest BCUT2D eigenvalue weighted by Crippen LogP contribution is 2.40. The van der Waals surface area contributed by atoms with Gasteiger partial charge in [-0.05, 0) is 43.1 Å². The molecule has 2 aliphatic heterocycles. The van der Waals surface area contributed by atoms with Gasteiger partial charge in [-0.2, -0.15) is 11.8 Å². The maximum atomic E-state index is 6.16. The fourth-order valence-corrected chi connectivity index (χ4v) is 4.09. The van der Waals surface area contributed by atoms with E-state index >= 15 is 0 Å². The first-order valence-electron chi connectivity index (χ1n) is 6.22. The quantitative estimate of drug-likeness (QED) is 0.821. The number of hydrogen-bond acceptors (Lipinski definition) is 4. The molecule has 2 atom stereocenters. The van der Waals surface area contributed by atoms with Crippen molar-refractivity contribution in [3.05, 3.63) is 0 Å². The zero-order valence-electron chi connectivity index (χ0n) is 10.1. The molecular weight excluding hydrogens is 222 g/mol. The molecule has 0 aliphatic carbocycles. The molecule has 2 heterocycles. The van der Waals surface area contributed by atoms with Crippen molar-refractivity contribution >= 4 is 11.8 Å². The minimum atomic E-state index is 0.152. The van der Waals surface area contributed by atoms with E-state index in [1.54, 1.807) is 7.11 Å². The van der Waals surface area contributed by atoms with Crippen LogP contribution in [0.2, 0.25) is 0 Å². The van der Waals surface area contributed by atoms with E-state index in [9.17, 15) is 0 Å². The minimum Gasteiger partial charge on any atom is -0.383 e. The monoisotopic (exact) mass is 245 g/mol. The maximum absolute atomic E-state index is 6.16. The van der Waals surface area contributed by atoms with Crippen LogP contribution in [0.25, 0.3) is 0 Å². The Morgan fingerprint density at radius 2 is 2.25 bits per heavy atom. The lowest BCUT2D eigenvalue weighted by Gasteiger charge is -2.44. The summed E-state index contributed by atoms with van der Waals surface area (Å²) in [4.78, 5) is 0. The second-order valence-corrected chi connectivity index (χ2v) is 6.24. The second kappa shape index (κ2) is 5.71. The van der Waals surface area contributed by atoms with Crippen LogP contribution in [0.5, 0.6) is 0 Å². The van der Waals surface area contributed by atoms with Gasteiger partial charge in [-0.3, -0.25) is 0 Å². The summed E-state index contributed by atoms with van der Waals surface area (Å²) in [5.41, 5.74) is 6.32. The number of rotatable bonds is 3. The van der Waals surface area contributed by atoms with Crippen molar-refractivity contribution in [2.75, 3.05) is 31.8 Å². The normalized spacial score (nSPS) is 31.5. The Hall–Kier alpha value is 0.230. The highest BCUT2D eigenvalue weighted by atomic mass is 32.2. The Balaban J connectivity index is 1.92. The molecular formula is C12H23NO2S. The molecule has 0 amide bonds. The van der Waals surface area contributed by atoms with Gasteiger partial charge in [-0.1, -0.05) is 0 Å². The Morgan fingerprint density at radius 3 is 2.94 bits per heavy atom. The van der Waals surface area contributed by atoms with Gasteiger partial charge in [0.25, 0.3) is 0 Å². The van der Waals surface area contributed by atoms with Gasteiger partial charge in [0.05, 0.1) is 12.2 Å². The van der Waals surface area contributed by atoms with Crippen molar-refractivity contribution < 1.29 is 9.47 Å². The van der Waals surface area contributed by atoms with Crippen LogP contribution < -0.4 is 5.73 Å². The number of nitrogens with two attached hydrogens (primary N) is 1. The fraction of sp³-hybridized carbons (Fsp3) is 1.00. The number of methoxy groups -OCH3 is 1. The lowest BCUT2D eigenvalue weighted by Crippen LogP contribution is -2.48. The Bertz CT molecular complexity index is 214. The second-order valence-electron chi connectivity index (χ2n) is 5.02. The van der Waals surface area contributed by atoms with E-state index in [0.717, 1.165) is 19.4 Å². The van der Waals surface area contributed by atoms with Crippen LogP contribution in [-0.2, 0) is 9.47 Å². The standard InChI is InChI=1S/C12H23NO2S/c1-14-9-11(13)10-2-5-15-12(8-10)3-6-16-7-4-12/h10-11H,2-9,13H2,1H3. The third-order valence-corrected chi connectivity index (χ3v) is 4.89. The summed E-state index contributed by atoms with van der Waals surface area (Å²) in [5, 5.41) is 0. The van der Waals surface area contributed by atoms with Crippen molar-refractivity contribution in [1.29, 1.82) is 0 Å². The third-order valence-electron chi connectivity index (χ3n) is 3.90. The van der Waals surface area contributed by atoms with E-state index in [4.69, 9.17) is 15.2 Å². The Morgan fingerprint density at radius 1 is 1.50 bits per heavy atom. The predicted molar refractivity (Wildman–Crippen MR) is 67.8 cm³/mol. The zero-order chi connectivity index (χ0) is 11.4. The molecule has 0 aromatic carbocycles. The van der Waals surface area contributed by atoms with Gasteiger partial charge in [0, 0.05) is 19.8 Å². The molecule has 2 fully saturated rings. The summed E-state index contributed by atoms with van der Waals surface area (Å²) in [6, 6.07) is 0.181. The highest BCUT2D eigenvalue weighted by Gasteiger charge is 2.40. The molecule has 3 nitrogen and oxygen atoms in total. The van der Waals surface area contributed by atoms with Gasteiger partial charge >= 0.3 is 0 Å². The number of hydrogen-bond donors (Lipinski definition) is 1. The van der Waals surface area contributed by atoms with E-state index in [1.165, 1.54) is 24.3 Å². The predicted octanol–water partition coefficient (Wildman–Crippen LogP) is 1.65. The van der Waals surface area contributed by atoms with Gasteiger partial charge in [0.15, 0.2) is 0 Å². The van der Waals surface area contributed by atoms with Crippen LogP contribution in [0.3, 0.4) is 0 Å². The molecule has 0 aromatic rings. The van der Waals surface area contributed by atoms with Crippen LogP contribution in [0, 0.1) is 5.92 Å². The number of thioether (sulfide) groups is 1. The summed E-state index contributed by atoms with van der Waals surface area (Å²) in [6.45, 7) is 1.56. The van der Waals surface area contributed by atoms with Crippen molar-refractivity contribution in [1.82, 2.24) is 0 Å². The SMILES string of the molecule is COCC(N)C1CCOC2(CCSCC2)C1. The molecule has 0 saturated carbocycles. The molecule has 1 spiro atoms. The van der Waals surface area contributed by atoms with Crippen molar-refractivity contribution in [2.45, 2.75) is 37.3 Å². The van der Waals surface area contributed by atoms with Crippen LogP contribution in [-0.4, -0.2) is 43.5 Å². The zero-order valence-corrected chi connectivity index (χ0v) is 10.9. The molecule has 0 radical (unpaired) electrons. The summed E-state index contributed by atoms with van der Waals surface area (Å²) in [7, 11) is 1.73. The lowest BCUT2D eigenvalue weighted by atomic mass is 9.79. The van der Waals surface area contributed by atoms with E-state index in [2.05, 4.69) is 0 Å². The average molecular weight is 245 g/mol. The molecule has 16 heavy (non-hydrogen) atoms. The van der Waals surface area contributed by atoms with E-state index in [-0.39, 0.29) is 11.6 Å². The molecule has 2 rings (SSSR count). The van der Waals surface area contributed by atoms with Crippen molar-refractivity contribution in [3.8, 4) is 0 Å². The molecule has 0 bridgehead atoms. The summed E-state index contributed by atoms with van der Waals surface area (Å²) < 4.78 is 11.2. The van der Waals surface area contributed by atoms with Crippen LogP contribution >= 0.6 is 11.8 Å². The van der Waals surface area contributed by atoms with Gasteiger partial charge < -0.3 is 15.2 Å². The van der Waals surface area contributed by atoms with Gasteiger partial charge in [0.1, 0.15) is 0 Å². The first-order chi connectivity index (χ1) is 7.76. The molecule has 2 saturated heterocycles. The van der Waals surface area contributed by atoms with Crippen molar-refractivity contribution in [2.24, 2.45) is 11.7 Å². The molecule has 4 heteroatoms. The Kier molecular flexibility index (Phi) is 4.53. The van der Waals surface area contributed by atoms with Crippen LogP contribution in [0.4, 0.5) is 0 Å². The van der Waals surface area contributed by atoms with Crippen molar-refractivity contribution in [3.63, 3.8) is 0 Å². The van der Waals surface area contributed by atoms with Gasteiger partial charge in [0.2, 0.25) is 0 Å². The molecule has 94 valence electrons. The molecule has 2 N–H and O–H groups in total. The first kappa shape index (κ1) is 12.7.